The van der Waals surface area contributed by atoms with Crippen molar-refractivity contribution in [2.45, 2.75) is 43.9 Å². The number of carbonyl (C=O) groups excluding carboxylic acids is 1. The molecule has 1 aliphatic rings. The average Bonchev–Trinajstić information content (AvgIpc) is 3.37. The lowest BCUT2D eigenvalue weighted by Crippen LogP contribution is -2.54. The molecule has 1 saturated heterocycles. The van der Waals surface area contributed by atoms with Crippen LogP contribution in [-0.4, -0.2) is 42.8 Å². The fourth-order valence-corrected chi connectivity index (χ4v) is 4.41. The number of pyridine rings is 1. The number of alkyl halides is 4. The van der Waals surface area contributed by atoms with Crippen LogP contribution >= 0.6 is 11.6 Å². The number of carbonyl (C=O) groups is 1. The van der Waals surface area contributed by atoms with E-state index in [9.17, 15) is 26.7 Å². The fourth-order valence-electron chi connectivity index (χ4n) is 4.29. The van der Waals surface area contributed by atoms with E-state index < -0.39 is 35.7 Å². The summed E-state index contributed by atoms with van der Waals surface area (Å²) in [5.41, 5.74) is 0.0605. The van der Waals surface area contributed by atoms with Crippen LogP contribution in [0.1, 0.15) is 28.8 Å². The molecule has 1 aliphatic heterocycles. The summed E-state index contributed by atoms with van der Waals surface area (Å²) in [5.74, 6) is -1.91. The van der Waals surface area contributed by atoms with Crippen LogP contribution in [0.5, 0.6) is 5.75 Å². The van der Waals surface area contributed by atoms with Crippen molar-refractivity contribution in [3.63, 3.8) is 0 Å². The highest BCUT2D eigenvalue weighted by Crippen LogP contribution is 2.37. The average molecular weight is 570 g/mol. The third-order valence-electron chi connectivity index (χ3n) is 6.22. The highest BCUT2D eigenvalue weighted by Gasteiger charge is 2.45. The van der Waals surface area contributed by atoms with Gasteiger partial charge in [0.1, 0.15) is 17.1 Å². The molecule has 2 amide bonds. The van der Waals surface area contributed by atoms with Gasteiger partial charge in [-0.1, -0.05) is 41.4 Å². The Kier molecular flexibility index (Phi) is 8.60. The van der Waals surface area contributed by atoms with E-state index in [-0.39, 0.29) is 35.3 Å². The summed E-state index contributed by atoms with van der Waals surface area (Å²) in [6.45, 7) is 2.63. The maximum atomic E-state index is 14.9. The van der Waals surface area contributed by atoms with E-state index in [1.165, 1.54) is 18.3 Å². The first kappa shape index (κ1) is 28.6. The zero-order valence-corrected chi connectivity index (χ0v) is 21.5. The first-order valence-electron chi connectivity index (χ1n) is 12.0. The molecule has 4 rings (SSSR count). The van der Waals surface area contributed by atoms with Gasteiger partial charge in [0.05, 0.1) is 23.4 Å². The van der Waals surface area contributed by atoms with Crippen LogP contribution in [0.2, 0.25) is 5.02 Å². The van der Waals surface area contributed by atoms with Gasteiger partial charge >= 0.3 is 18.6 Å². The largest absolute Gasteiger partial charge is 0.461 e. The van der Waals surface area contributed by atoms with Gasteiger partial charge in [-0.15, -0.1) is 0 Å². The Bertz CT molecular complexity index is 1290. The molecule has 6 nitrogen and oxygen atoms in total. The number of hydrogen-bond donors (Lipinski definition) is 2. The SMILES string of the molecule is Cc1ccc(CC(NC(=O)NC2CCOC2)(c2cc(F)cc(OC(F)(F)C(F)F)c2)c2ccc(Cl)cn2)cc1. The Labute approximate surface area is 226 Å². The number of aryl methyl sites for hydroxylation is 1. The number of ether oxygens (including phenoxy) is 2. The van der Waals surface area contributed by atoms with Crippen LogP contribution in [0.4, 0.5) is 26.7 Å². The quantitative estimate of drug-likeness (QED) is 0.310. The lowest BCUT2D eigenvalue weighted by molar-refractivity contribution is -0.253. The predicted molar refractivity (Wildman–Crippen MR) is 134 cm³/mol. The molecule has 0 radical (unpaired) electrons. The molecule has 12 heteroatoms. The smallest absolute Gasteiger partial charge is 0.428 e. The van der Waals surface area contributed by atoms with E-state index in [0.29, 0.717) is 24.7 Å². The maximum Gasteiger partial charge on any atom is 0.461 e. The molecule has 2 N–H and O–H groups in total. The number of nitrogens with zero attached hydrogens (tertiary/aromatic N) is 1. The highest BCUT2D eigenvalue weighted by atomic mass is 35.5. The summed E-state index contributed by atoms with van der Waals surface area (Å²) >= 11 is 6.05. The number of halogens is 6. The first-order chi connectivity index (χ1) is 18.5. The summed E-state index contributed by atoms with van der Waals surface area (Å²) < 4.78 is 77.6. The summed E-state index contributed by atoms with van der Waals surface area (Å²) in [5, 5.41) is 5.91. The third kappa shape index (κ3) is 6.96. The molecule has 2 atom stereocenters. The Hall–Kier alpha value is -3.44. The van der Waals surface area contributed by atoms with Gasteiger partial charge in [-0.05, 0) is 48.7 Å². The Balaban J connectivity index is 1.87. The lowest BCUT2D eigenvalue weighted by Gasteiger charge is -2.36. The molecule has 0 aliphatic carbocycles. The monoisotopic (exact) mass is 569 g/mol. The summed E-state index contributed by atoms with van der Waals surface area (Å²) in [7, 11) is 0. The van der Waals surface area contributed by atoms with Gasteiger partial charge in [0.15, 0.2) is 0 Å². The minimum atomic E-state index is -4.88. The molecule has 2 unspecified atom stereocenters. The standard InChI is InChI=1S/C27H25ClF5N3O3/c1-16-2-4-17(5-3-16)13-26(23-7-6-19(28)14-34-23,36-25(37)35-21-8-9-38-15-21)18-10-20(29)12-22(11-18)39-27(32,33)24(30)31/h2-7,10-12,14,21,24H,8-9,13,15H2,1H3,(H2,35,36,37). The molecule has 2 aromatic carbocycles. The maximum absolute atomic E-state index is 14.9. The number of benzene rings is 2. The molecular formula is C27H25ClF5N3O3. The number of nitrogens with one attached hydrogen (secondary N) is 2. The van der Waals surface area contributed by atoms with Gasteiger partial charge < -0.3 is 20.1 Å². The second-order valence-electron chi connectivity index (χ2n) is 9.23. The molecule has 1 aromatic heterocycles. The lowest BCUT2D eigenvalue weighted by atomic mass is 9.80. The number of amides is 2. The van der Waals surface area contributed by atoms with E-state index >= 15 is 0 Å². The summed E-state index contributed by atoms with van der Waals surface area (Å²) in [4.78, 5) is 17.6. The van der Waals surface area contributed by atoms with Crippen molar-refractivity contribution in [3.05, 3.63) is 94.0 Å². The van der Waals surface area contributed by atoms with Crippen molar-refractivity contribution in [1.82, 2.24) is 15.6 Å². The van der Waals surface area contributed by atoms with Gasteiger partial charge in [-0.25, -0.2) is 9.18 Å². The number of aromatic nitrogens is 1. The van der Waals surface area contributed by atoms with E-state index in [1.807, 2.05) is 19.1 Å². The van der Waals surface area contributed by atoms with Crippen molar-refractivity contribution >= 4 is 17.6 Å². The van der Waals surface area contributed by atoms with Crippen LogP contribution in [0, 0.1) is 12.7 Å². The molecule has 3 aromatic rings. The van der Waals surface area contributed by atoms with Crippen molar-refractivity contribution < 1.29 is 36.2 Å². The van der Waals surface area contributed by atoms with Gasteiger partial charge in [0.25, 0.3) is 0 Å². The topological polar surface area (TPSA) is 72.5 Å². The van der Waals surface area contributed by atoms with Crippen LogP contribution in [0.25, 0.3) is 0 Å². The van der Waals surface area contributed by atoms with Crippen molar-refractivity contribution in [2.24, 2.45) is 0 Å². The summed E-state index contributed by atoms with van der Waals surface area (Å²) in [6, 6.07) is 11.8. The van der Waals surface area contributed by atoms with Crippen molar-refractivity contribution in [3.8, 4) is 5.75 Å². The molecule has 39 heavy (non-hydrogen) atoms. The fraction of sp³-hybridized carbons (Fsp3) is 0.333. The molecule has 0 saturated carbocycles. The van der Waals surface area contributed by atoms with Gasteiger partial charge in [-0.2, -0.15) is 17.6 Å². The molecule has 2 heterocycles. The van der Waals surface area contributed by atoms with Crippen LogP contribution in [0.3, 0.4) is 0 Å². The van der Waals surface area contributed by atoms with Gasteiger partial charge in [-0.3, -0.25) is 4.98 Å². The third-order valence-corrected chi connectivity index (χ3v) is 6.44. The molecule has 0 bridgehead atoms. The van der Waals surface area contributed by atoms with Crippen LogP contribution in [-0.2, 0) is 16.7 Å². The van der Waals surface area contributed by atoms with E-state index in [2.05, 4.69) is 20.4 Å². The van der Waals surface area contributed by atoms with Crippen molar-refractivity contribution in [1.29, 1.82) is 0 Å². The highest BCUT2D eigenvalue weighted by molar-refractivity contribution is 6.30. The predicted octanol–water partition coefficient (Wildman–Crippen LogP) is 5.99. The zero-order valence-electron chi connectivity index (χ0n) is 20.7. The Morgan fingerprint density at radius 1 is 1.18 bits per heavy atom. The van der Waals surface area contributed by atoms with Crippen molar-refractivity contribution in [2.75, 3.05) is 13.2 Å². The van der Waals surface area contributed by atoms with Crippen LogP contribution in [0.15, 0.2) is 60.8 Å². The van der Waals surface area contributed by atoms with Gasteiger partial charge in [0.2, 0.25) is 0 Å². The van der Waals surface area contributed by atoms with Gasteiger partial charge in [0, 0.05) is 25.3 Å². The van der Waals surface area contributed by atoms with E-state index in [1.54, 1.807) is 12.1 Å². The normalized spacial score (nSPS) is 17.1. The molecule has 1 fully saturated rings. The minimum absolute atomic E-state index is 0.0232. The van der Waals surface area contributed by atoms with E-state index in [4.69, 9.17) is 16.3 Å². The minimum Gasteiger partial charge on any atom is -0.428 e. The van der Waals surface area contributed by atoms with E-state index in [0.717, 1.165) is 17.7 Å². The zero-order chi connectivity index (χ0) is 28.2. The molecule has 0 spiro atoms. The first-order valence-corrected chi connectivity index (χ1v) is 12.3. The summed E-state index contributed by atoms with van der Waals surface area (Å²) in [6.07, 6.45) is -7.18. The van der Waals surface area contributed by atoms with Crippen LogP contribution < -0.4 is 15.4 Å². The number of urea groups is 1. The Morgan fingerprint density at radius 2 is 1.92 bits per heavy atom. The Morgan fingerprint density at radius 3 is 2.54 bits per heavy atom. The number of hydrogen-bond acceptors (Lipinski definition) is 4. The molecule has 208 valence electrons. The number of rotatable bonds is 9. The molecular weight excluding hydrogens is 545 g/mol. The second-order valence-corrected chi connectivity index (χ2v) is 9.66. The second kappa shape index (κ2) is 11.7.